The Bertz CT molecular complexity index is 380. The van der Waals surface area contributed by atoms with Gasteiger partial charge in [-0.1, -0.05) is 0 Å². The third-order valence-electron chi connectivity index (χ3n) is 1.60. The van der Waals surface area contributed by atoms with Gasteiger partial charge in [-0.2, -0.15) is 22.7 Å². The average molecular weight is 210 g/mol. The van der Waals surface area contributed by atoms with Crippen LogP contribution in [0.5, 0.6) is 0 Å². The zero-order chi connectivity index (χ0) is 11.1. The Morgan fingerprint density at radius 2 is 1.93 bits per heavy atom. The van der Waals surface area contributed by atoms with E-state index in [2.05, 4.69) is 5.10 Å². The Morgan fingerprint density at radius 3 is 2.21 bits per heavy atom. The minimum atomic E-state index is -4.82. The number of hydrogen-bond acceptors (Lipinski definition) is 2. The molecule has 78 valence electrons. The molecule has 1 aromatic heterocycles. The third-order valence-corrected chi connectivity index (χ3v) is 1.60. The van der Waals surface area contributed by atoms with Crippen LogP contribution in [0, 0.1) is 5.95 Å². The predicted octanol–water partition coefficient (Wildman–Crippen LogP) is 1.78. The summed E-state index contributed by atoms with van der Waals surface area (Å²) in [5, 5.41) is 2.90. The highest BCUT2D eigenvalue weighted by molar-refractivity contribution is 5.95. The molecule has 0 saturated heterocycles. The van der Waals surface area contributed by atoms with Crippen LogP contribution in [0.2, 0.25) is 0 Å². The predicted molar refractivity (Wildman–Crippen MR) is 38.2 cm³/mol. The van der Waals surface area contributed by atoms with Gasteiger partial charge >= 0.3 is 6.18 Å². The van der Waals surface area contributed by atoms with Crippen molar-refractivity contribution in [1.82, 2.24) is 9.78 Å². The molecule has 1 heterocycles. The molecule has 0 aromatic carbocycles. The van der Waals surface area contributed by atoms with Gasteiger partial charge in [-0.15, -0.1) is 0 Å². The number of carbonyl (C=O) groups is 1. The van der Waals surface area contributed by atoms with Crippen molar-refractivity contribution in [1.29, 1.82) is 0 Å². The van der Waals surface area contributed by atoms with Crippen molar-refractivity contribution in [3.8, 4) is 0 Å². The number of rotatable bonds is 1. The highest BCUT2D eigenvalue weighted by Gasteiger charge is 2.40. The lowest BCUT2D eigenvalue weighted by molar-refractivity contribution is -0.141. The van der Waals surface area contributed by atoms with Crippen LogP contribution >= 0.6 is 0 Å². The highest BCUT2D eigenvalue weighted by Crippen LogP contribution is 2.31. The van der Waals surface area contributed by atoms with Gasteiger partial charge in [0.15, 0.2) is 11.5 Å². The van der Waals surface area contributed by atoms with Gasteiger partial charge in [0, 0.05) is 7.05 Å². The Morgan fingerprint density at radius 1 is 1.43 bits per heavy atom. The molecule has 3 nitrogen and oxygen atoms in total. The Kier molecular flexibility index (Phi) is 2.34. The standard InChI is InChI=1S/C7H6F4N2O/c1-3(14)4-5(7(9,10)11)12-13(2)6(4)8/h1-2H3. The van der Waals surface area contributed by atoms with Crippen LogP contribution in [-0.2, 0) is 13.2 Å². The highest BCUT2D eigenvalue weighted by atomic mass is 19.4. The first-order valence-electron chi connectivity index (χ1n) is 3.55. The van der Waals surface area contributed by atoms with Crippen LogP contribution in [0.15, 0.2) is 0 Å². The summed E-state index contributed by atoms with van der Waals surface area (Å²) in [6, 6.07) is 0. The largest absolute Gasteiger partial charge is 0.436 e. The van der Waals surface area contributed by atoms with Crippen LogP contribution in [0.25, 0.3) is 0 Å². The first-order chi connectivity index (χ1) is 6.25. The van der Waals surface area contributed by atoms with Crippen LogP contribution < -0.4 is 0 Å². The van der Waals surface area contributed by atoms with Crippen molar-refractivity contribution in [3.05, 3.63) is 17.2 Å². The van der Waals surface area contributed by atoms with Crippen LogP contribution in [0.3, 0.4) is 0 Å². The normalized spacial score (nSPS) is 11.9. The van der Waals surface area contributed by atoms with Crippen molar-refractivity contribution >= 4 is 5.78 Å². The molecule has 0 bridgehead atoms. The molecule has 1 aromatic rings. The maximum Gasteiger partial charge on any atom is 0.436 e. The molecule has 0 amide bonds. The number of halogens is 4. The van der Waals surface area contributed by atoms with Crippen molar-refractivity contribution in [2.75, 3.05) is 0 Å². The number of nitrogens with zero attached hydrogens (tertiary/aromatic N) is 2. The lowest BCUT2D eigenvalue weighted by Gasteiger charge is -2.02. The summed E-state index contributed by atoms with van der Waals surface area (Å²) in [6.45, 7) is 0.856. The van der Waals surface area contributed by atoms with E-state index in [9.17, 15) is 22.4 Å². The van der Waals surface area contributed by atoms with Gasteiger partial charge in [0.25, 0.3) is 0 Å². The smallest absolute Gasteiger partial charge is 0.294 e. The molecule has 0 unspecified atom stereocenters. The quantitative estimate of drug-likeness (QED) is 0.523. The molecule has 0 saturated carbocycles. The van der Waals surface area contributed by atoms with E-state index >= 15 is 0 Å². The summed E-state index contributed by atoms with van der Waals surface area (Å²) >= 11 is 0. The second-order valence-corrected chi connectivity index (χ2v) is 2.69. The van der Waals surface area contributed by atoms with Gasteiger partial charge in [0.1, 0.15) is 5.56 Å². The van der Waals surface area contributed by atoms with E-state index in [1.54, 1.807) is 0 Å². The van der Waals surface area contributed by atoms with Gasteiger partial charge in [0.05, 0.1) is 0 Å². The molecular formula is C7H6F4N2O. The zero-order valence-corrected chi connectivity index (χ0v) is 7.31. The molecule has 0 aliphatic rings. The second kappa shape index (κ2) is 3.07. The number of ketones is 1. The van der Waals surface area contributed by atoms with E-state index in [4.69, 9.17) is 0 Å². The minimum absolute atomic E-state index is 0.388. The first kappa shape index (κ1) is 10.7. The lowest BCUT2D eigenvalue weighted by atomic mass is 10.2. The zero-order valence-electron chi connectivity index (χ0n) is 7.31. The molecule has 0 N–H and O–H groups in total. The van der Waals surface area contributed by atoms with Gasteiger partial charge in [-0.05, 0) is 6.92 Å². The second-order valence-electron chi connectivity index (χ2n) is 2.69. The Balaban J connectivity index is 3.45. The van der Waals surface area contributed by atoms with E-state index in [-0.39, 0.29) is 0 Å². The number of aromatic nitrogens is 2. The fourth-order valence-corrected chi connectivity index (χ4v) is 1.01. The van der Waals surface area contributed by atoms with Gasteiger partial charge in [-0.25, -0.2) is 4.68 Å². The van der Waals surface area contributed by atoms with Gasteiger partial charge in [0.2, 0.25) is 5.95 Å². The van der Waals surface area contributed by atoms with Crippen molar-refractivity contribution < 1.29 is 22.4 Å². The summed E-state index contributed by atoms with van der Waals surface area (Å²) < 4.78 is 50.0. The molecule has 0 radical (unpaired) electrons. The number of hydrogen-bond donors (Lipinski definition) is 0. The molecule has 0 atom stereocenters. The lowest BCUT2D eigenvalue weighted by Crippen LogP contribution is -2.11. The number of carbonyl (C=O) groups excluding carboxylic acids is 1. The Hall–Kier alpha value is -1.40. The van der Waals surface area contributed by atoms with E-state index in [0.717, 1.165) is 14.0 Å². The summed E-state index contributed by atoms with van der Waals surface area (Å²) in [5.74, 6) is -2.27. The Labute approximate surface area is 76.3 Å². The van der Waals surface area contributed by atoms with E-state index in [1.807, 2.05) is 0 Å². The topological polar surface area (TPSA) is 34.9 Å². The minimum Gasteiger partial charge on any atom is -0.294 e. The maximum atomic E-state index is 13.0. The summed E-state index contributed by atoms with van der Waals surface area (Å²) in [7, 11) is 0.997. The van der Waals surface area contributed by atoms with Crippen LogP contribution in [-0.4, -0.2) is 15.6 Å². The molecule has 0 spiro atoms. The molecule has 7 heteroatoms. The van der Waals surface area contributed by atoms with Crippen molar-refractivity contribution in [2.45, 2.75) is 13.1 Å². The fourth-order valence-electron chi connectivity index (χ4n) is 1.01. The molecule has 0 aliphatic carbocycles. The summed E-state index contributed by atoms with van der Waals surface area (Å²) in [6.07, 6.45) is -4.82. The SMILES string of the molecule is CC(=O)c1c(C(F)(F)F)nn(C)c1F. The molecule has 0 aliphatic heterocycles. The molecule has 1 rings (SSSR count). The number of alkyl halides is 3. The average Bonchev–Trinajstić information content (AvgIpc) is 2.27. The maximum absolute atomic E-state index is 13.0. The van der Waals surface area contributed by atoms with E-state index in [1.165, 1.54) is 0 Å². The van der Waals surface area contributed by atoms with Crippen molar-refractivity contribution in [2.24, 2.45) is 7.05 Å². The van der Waals surface area contributed by atoms with E-state index in [0.29, 0.717) is 4.68 Å². The molecule has 0 fully saturated rings. The first-order valence-corrected chi connectivity index (χ1v) is 3.55. The summed E-state index contributed by atoms with van der Waals surface area (Å²) in [4.78, 5) is 10.8. The third kappa shape index (κ3) is 1.61. The van der Waals surface area contributed by atoms with Crippen LogP contribution in [0.4, 0.5) is 17.6 Å². The van der Waals surface area contributed by atoms with Gasteiger partial charge < -0.3 is 0 Å². The fraction of sp³-hybridized carbons (Fsp3) is 0.429. The van der Waals surface area contributed by atoms with Crippen molar-refractivity contribution in [3.63, 3.8) is 0 Å². The molecular weight excluding hydrogens is 204 g/mol. The number of Topliss-reactive ketones (excluding diaryl/α,β-unsaturated/α-hetero) is 1. The van der Waals surface area contributed by atoms with E-state index < -0.39 is 29.2 Å². The van der Waals surface area contributed by atoms with Gasteiger partial charge in [-0.3, -0.25) is 4.79 Å². The van der Waals surface area contributed by atoms with Crippen LogP contribution in [0.1, 0.15) is 23.0 Å². The summed E-state index contributed by atoms with van der Waals surface area (Å²) in [5.41, 5.74) is -2.50. The monoisotopic (exact) mass is 210 g/mol. The molecule has 14 heavy (non-hydrogen) atoms. The number of aryl methyl sites for hydroxylation is 1.